The van der Waals surface area contributed by atoms with E-state index in [0.29, 0.717) is 11.7 Å². The largest absolute Gasteiger partial charge is 0.345 e. The average Bonchev–Trinajstić information content (AvgIpc) is 3.13. The molecule has 1 aromatic rings. The molecule has 2 rings (SSSR count). The van der Waals surface area contributed by atoms with Gasteiger partial charge in [0.15, 0.2) is 0 Å². The van der Waals surface area contributed by atoms with Crippen molar-refractivity contribution in [3.05, 3.63) is 17.7 Å². The lowest BCUT2D eigenvalue weighted by Gasteiger charge is -2.24. The van der Waals surface area contributed by atoms with Crippen molar-refractivity contribution in [3.63, 3.8) is 0 Å². The van der Waals surface area contributed by atoms with Crippen LogP contribution in [0.15, 0.2) is 6.20 Å². The van der Waals surface area contributed by atoms with Crippen LogP contribution in [0.25, 0.3) is 0 Å². The summed E-state index contributed by atoms with van der Waals surface area (Å²) < 4.78 is 28.3. The number of aromatic amines is 1. The Bertz CT molecular complexity index is 522. The van der Waals surface area contributed by atoms with Gasteiger partial charge in [0.25, 0.3) is 10.2 Å². The number of hydrogen-bond donors (Lipinski definition) is 2. The van der Waals surface area contributed by atoms with Crippen LogP contribution in [0.2, 0.25) is 0 Å². The number of rotatable bonds is 7. The van der Waals surface area contributed by atoms with Crippen LogP contribution >= 0.6 is 0 Å². The predicted molar refractivity (Wildman–Crippen MR) is 73.7 cm³/mol. The molecule has 0 radical (unpaired) electrons. The highest BCUT2D eigenvalue weighted by Crippen LogP contribution is 2.35. The van der Waals surface area contributed by atoms with Gasteiger partial charge in [-0.3, -0.25) is 0 Å². The zero-order valence-corrected chi connectivity index (χ0v) is 12.5. The molecule has 0 amide bonds. The van der Waals surface area contributed by atoms with Gasteiger partial charge >= 0.3 is 0 Å². The third-order valence-corrected chi connectivity index (χ3v) is 5.34. The summed E-state index contributed by atoms with van der Waals surface area (Å²) in [5.74, 6) is 1.16. The highest BCUT2D eigenvalue weighted by molar-refractivity contribution is 7.87. The summed E-state index contributed by atoms with van der Waals surface area (Å²) >= 11 is 0. The first-order chi connectivity index (χ1) is 8.94. The van der Waals surface area contributed by atoms with Crippen molar-refractivity contribution in [2.75, 3.05) is 7.05 Å². The fourth-order valence-electron chi connectivity index (χ4n) is 2.03. The van der Waals surface area contributed by atoms with E-state index < -0.39 is 10.2 Å². The van der Waals surface area contributed by atoms with Crippen molar-refractivity contribution < 1.29 is 8.42 Å². The lowest BCUT2D eigenvalue weighted by molar-refractivity contribution is 0.351. The van der Waals surface area contributed by atoms with E-state index in [2.05, 4.69) is 14.7 Å². The predicted octanol–water partition coefficient (Wildman–Crippen LogP) is 1.04. The summed E-state index contributed by atoms with van der Waals surface area (Å²) in [5.41, 5.74) is 1.01. The smallest absolute Gasteiger partial charge is 0.279 e. The number of nitrogens with one attached hydrogen (secondary N) is 2. The molecule has 1 saturated carbocycles. The van der Waals surface area contributed by atoms with Gasteiger partial charge in [0.05, 0.1) is 6.54 Å². The van der Waals surface area contributed by atoms with Crippen molar-refractivity contribution in [1.82, 2.24) is 19.0 Å². The zero-order chi connectivity index (χ0) is 14.0. The quantitative estimate of drug-likeness (QED) is 0.786. The second-order valence-electron chi connectivity index (χ2n) is 5.13. The molecule has 2 N–H and O–H groups in total. The number of aryl methyl sites for hydroxylation is 1. The van der Waals surface area contributed by atoms with Gasteiger partial charge in [0, 0.05) is 25.0 Å². The Labute approximate surface area is 114 Å². The Kier molecular flexibility index (Phi) is 4.27. The lowest BCUT2D eigenvalue weighted by atomic mass is 10.2. The Morgan fingerprint density at radius 2 is 2.26 bits per heavy atom. The topological polar surface area (TPSA) is 78.1 Å². The van der Waals surface area contributed by atoms with E-state index in [1.165, 1.54) is 4.31 Å². The van der Waals surface area contributed by atoms with E-state index in [0.717, 1.165) is 25.0 Å². The normalized spacial score (nSPS) is 17.9. The van der Waals surface area contributed by atoms with E-state index in [4.69, 9.17) is 0 Å². The number of H-pyrrole nitrogens is 1. The van der Waals surface area contributed by atoms with Gasteiger partial charge in [0.1, 0.15) is 5.82 Å². The Morgan fingerprint density at radius 3 is 2.79 bits per heavy atom. The fourth-order valence-corrected chi connectivity index (χ4v) is 3.16. The summed E-state index contributed by atoms with van der Waals surface area (Å²) in [6, 6.07) is 0.0558. The van der Waals surface area contributed by atoms with Crippen molar-refractivity contribution in [2.24, 2.45) is 5.92 Å². The second-order valence-corrected chi connectivity index (χ2v) is 6.94. The van der Waals surface area contributed by atoms with Gasteiger partial charge in [0.2, 0.25) is 0 Å². The van der Waals surface area contributed by atoms with Crippen molar-refractivity contribution in [3.8, 4) is 0 Å². The second kappa shape index (κ2) is 5.60. The van der Waals surface area contributed by atoms with Gasteiger partial charge in [-0.15, -0.1) is 0 Å². The number of imidazole rings is 1. The van der Waals surface area contributed by atoms with Crippen LogP contribution in [0, 0.1) is 5.92 Å². The highest BCUT2D eigenvalue weighted by Gasteiger charge is 2.35. The van der Waals surface area contributed by atoms with Gasteiger partial charge in [-0.05, 0) is 32.1 Å². The van der Waals surface area contributed by atoms with Crippen LogP contribution in [0.4, 0.5) is 0 Å². The summed E-state index contributed by atoms with van der Waals surface area (Å²) in [5, 5.41) is 0. The molecule has 108 valence electrons. The Balaban J connectivity index is 1.92. The van der Waals surface area contributed by atoms with E-state index >= 15 is 0 Å². The van der Waals surface area contributed by atoms with Gasteiger partial charge in [-0.1, -0.05) is 6.92 Å². The lowest BCUT2D eigenvalue weighted by Crippen LogP contribution is -2.43. The number of nitrogens with zero attached hydrogens (tertiary/aromatic N) is 2. The maximum Gasteiger partial charge on any atom is 0.279 e. The highest BCUT2D eigenvalue weighted by atomic mass is 32.2. The minimum atomic E-state index is -3.44. The molecule has 6 nitrogen and oxygen atoms in total. The van der Waals surface area contributed by atoms with Gasteiger partial charge < -0.3 is 4.98 Å². The van der Waals surface area contributed by atoms with E-state index in [9.17, 15) is 8.42 Å². The molecular formula is C12H22N4O2S. The molecule has 0 aromatic carbocycles. The molecule has 1 unspecified atom stereocenters. The monoisotopic (exact) mass is 286 g/mol. The maximum atomic E-state index is 12.1. The standard InChI is InChI=1S/C12H22N4O2S/c1-4-11-7-13-12(15-11)8-14-19(17,18)16(3)9(2)10-5-6-10/h7,9-10,14H,4-6,8H2,1-3H3,(H,13,15). The maximum absolute atomic E-state index is 12.1. The summed E-state index contributed by atoms with van der Waals surface area (Å²) in [6.07, 6.45) is 4.84. The summed E-state index contributed by atoms with van der Waals surface area (Å²) in [6.45, 7) is 4.18. The average molecular weight is 286 g/mol. The molecule has 1 atom stereocenters. The van der Waals surface area contributed by atoms with Crippen LogP contribution < -0.4 is 4.72 Å². The molecular weight excluding hydrogens is 264 g/mol. The van der Waals surface area contributed by atoms with E-state index in [1.54, 1.807) is 13.2 Å². The Morgan fingerprint density at radius 1 is 1.58 bits per heavy atom. The Hall–Kier alpha value is -0.920. The van der Waals surface area contributed by atoms with Crippen LogP contribution in [0.1, 0.15) is 38.2 Å². The molecule has 1 aliphatic rings. The van der Waals surface area contributed by atoms with Crippen LogP contribution in [0.5, 0.6) is 0 Å². The molecule has 19 heavy (non-hydrogen) atoms. The fraction of sp³-hybridized carbons (Fsp3) is 0.750. The number of hydrogen-bond acceptors (Lipinski definition) is 3. The molecule has 0 aliphatic heterocycles. The minimum absolute atomic E-state index is 0.0558. The minimum Gasteiger partial charge on any atom is -0.345 e. The van der Waals surface area contributed by atoms with Crippen LogP contribution in [0.3, 0.4) is 0 Å². The molecule has 1 fully saturated rings. The molecule has 1 aromatic heterocycles. The zero-order valence-electron chi connectivity index (χ0n) is 11.7. The molecule has 1 aliphatic carbocycles. The molecule has 7 heteroatoms. The summed E-state index contributed by atoms with van der Waals surface area (Å²) in [7, 11) is -1.81. The van der Waals surface area contributed by atoms with Crippen molar-refractivity contribution >= 4 is 10.2 Å². The third-order valence-electron chi connectivity index (χ3n) is 3.74. The van der Waals surface area contributed by atoms with Gasteiger partial charge in [-0.2, -0.15) is 17.4 Å². The number of aromatic nitrogens is 2. The van der Waals surface area contributed by atoms with Gasteiger partial charge in [-0.25, -0.2) is 4.98 Å². The van der Waals surface area contributed by atoms with Crippen LogP contribution in [-0.4, -0.2) is 35.8 Å². The summed E-state index contributed by atoms with van der Waals surface area (Å²) in [4.78, 5) is 7.22. The van der Waals surface area contributed by atoms with Crippen LogP contribution in [-0.2, 0) is 23.2 Å². The van der Waals surface area contributed by atoms with Crippen molar-refractivity contribution in [1.29, 1.82) is 0 Å². The first-order valence-corrected chi connectivity index (χ1v) is 8.13. The molecule has 0 saturated heterocycles. The van der Waals surface area contributed by atoms with E-state index in [-0.39, 0.29) is 12.6 Å². The molecule has 0 bridgehead atoms. The van der Waals surface area contributed by atoms with Crippen molar-refractivity contribution in [2.45, 2.75) is 45.7 Å². The first kappa shape index (κ1) is 14.5. The first-order valence-electron chi connectivity index (χ1n) is 6.69. The third kappa shape index (κ3) is 3.55. The molecule has 1 heterocycles. The molecule has 0 spiro atoms. The SMILES string of the molecule is CCc1cnc(CNS(=O)(=O)N(C)C(C)C2CC2)[nH]1. The van der Waals surface area contributed by atoms with E-state index in [1.807, 2.05) is 13.8 Å².